The van der Waals surface area contributed by atoms with E-state index >= 15 is 0 Å². The lowest BCUT2D eigenvalue weighted by Gasteiger charge is -2.02. The number of aromatic hydroxyl groups is 2. The van der Waals surface area contributed by atoms with Crippen LogP contribution in [0.1, 0.15) is 23.1 Å². The van der Waals surface area contributed by atoms with Crippen molar-refractivity contribution in [3.63, 3.8) is 0 Å². The van der Waals surface area contributed by atoms with Crippen LogP contribution in [-0.4, -0.2) is 10.2 Å². The summed E-state index contributed by atoms with van der Waals surface area (Å²) in [5.74, 6) is 0.619. The van der Waals surface area contributed by atoms with Crippen molar-refractivity contribution in [3.05, 3.63) is 59.2 Å². The standard InChI is InChI=1S/C16H14O2/c17-14-5-1-11(2-6-14)9-12-3-4-13-10-15(18)7-8-16(12)13/h1-2,5-10,17-18H,3-4H2/b12-9+. The topological polar surface area (TPSA) is 40.5 Å². The molecule has 0 aliphatic heterocycles. The summed E-state index contributed by atoms with van der Waals surface area (Å²) in [4.78, 5) is 0. The molecular formula is C16H14O2. The molecule has 0 spiro atoms. The second-order valence-electron chi connectivity index (χ2n) is 4.60. The summed E-state index contributed by atoms with van der Waals surface area (Å²) < 4.78 is 0. The monoisotopic (exact) mass is 238 g/mol. The number of fused-ring (bicyclic) bond motifs is 1. The second kappa shape index (κ2) is 4.22. The Kier molecular flexibility index (Phi) is 2.56. The van der Waals surface area contributed by atoms with Gasteiger partial charge in [0.2, 0.25) is 0 Å². The van der Waals surface area contributed by atoms with Crippen molar-refractivity contribution in [3.8, 4) is 11.5 Å². The molecule has 0 radical (unpaired) electrons. The minimum atomic E-state index is 0.286. The summed E-state index contributed by atoms with van der Waals surface area (Å²) in [6.45, 7) is 0. The van der Waals surface area contributed by atoms with E-state index in [0.29, 0.717) is 5.75 Å². The van der Waals surface area contributed by atoms with E-state index in [1.54, 1.807) is 18.2 Å². The van der Waals surface area contributed by atoms with E-state index in [2.05, 4.69) is 6.08 Å². The maximum absolute atomic E-state index is 9.46. The van der Waals surface area contributed by atoms with E-state index in [1.807, 2.05) is 24.3 Å². The minimum Gasteiger partial charge on any atom is -0.508 e. The van der Waals surface area contributed by atoms with Crippen LogP contribution in [0.2, 0.25) is 0 Å². The van der Waals surface area contributed by atoms with Crippen LogP contribution in [0.5, 0.6) is 11.5 Å². The third-order valence-electron chi connectivity index (χ3n) is 3.33. The Balaban J connectivity index is 1.98. The highest BCUT2D eigenvalue weighted by molar-refractivity contribution is 5.85. The third kappa shape index (κ3) is 1.97. The minimum absolute atomic E-state index is 0.286. The molecule has 0 atom stereocenters. The van der Waals surface area contributed by atoms with Crippen molar-refractivity contribution in [1.82, 2.24) is 0 Å². The van der Waals surface area contributed by atoms with Crippen molar-refractivity contribution in [2.75, 3.05) is 0 Å². The Morgan fingerprint density at radius 3 is 2.33 bits per heavy atom. The first-order chi connectivity index (χ1) is 8.72. The van der Waals surface area contributed by atoms with Gasteiger partial charge in [0.15, 0.2) is 0 Å². The van der Waals surface area contributed by atoms with Crippen LogP contribution in [0.4, 0.5) is 0 Å². The molecule has 0 bridgehead atoms. The molecule has 0 unspecified atom stereocenters. The summed E-state index contributed by atoms with van der Waals surface area (Å²) in [7, 11) is 0. The van der Waals surface area contributed by atoms with E-state index in [0.717, 1.165) is 18.4 Å². The van der Waals surface area contributed by atoms with Crippen molar-refractivity contribution >= 4 is 11.6 Å². The third-order valence-corrected chi connectivity index (χ3v) is 3.33. The van der Waals surface area contributed by atoms with Gasteiger partial charge in [-0.2, -0.15) is 0 Å². The van der Waals surface area contributed by atoms with Gasteiger partial charge < -0.3 is 10.2 Å². The first-order valence-electron chi connectivity index (χ1n) is 6.04. The Labute approximate surface area is 106 Å². The molecule has 0 fully saturated rings. The fraction of sp³-hybridized carbons (Fsp3) is 0.125. The van der Waals surface area contributed by atoms with Gasteiger partial charge in [0, 0.05) is 0 Å². The second-order valence-corrected chi connectivity index (χ2v) is 4.60. The molecule has 0 amide bonds. The van der Waals surface area contributed by atoms with Crippen LogP contribution >= 0.6 is 0 Å². The summed E-state index contributed by atoms with van der Waals surface area (Å²) in [5.41, 5.74) is 4.81. The fourth-order valence-electron chi connectivity index (χ4n) is 2.43. The molecule has 2 N–H and O–H groups in total. The van der Waals surface area contributed by atoms with E-state index in [4.69, 9.17) is 0 Å². The van der Waals surface area contributed by atoms with Gasteiger partial charge >= 0.3 is 0 Å². The highest BCUT2D eigenvalue weighted by Crippen LogP contribution is 2.35. The molecular weight excluding hydrogens is 224 g/mol. The molecule has 1 aliphatic rings. The highest BCUT2D eigenvalue weighted by Gasteiger charge is 2.16. The van der Waals surface area contributed by atoms with Crippen molar-refractivity contribution < 1.29 is 10.2 Å². The number of phenols is 2. The predicted molar refractivity (Wildman–Crippen MR) is 72.4 cm³/mol. The molecule has 1 aliphatic carbocycles. The molecule has 0 saturated carbocycles. The summed E-state index contributed by atoms with van der Waals surface area (Å²) in [6.07, 6.45) is 4.12. The Morgan fingerprint density at radius 1 is 0.833 bits per heavy atom. The van der Waals surface area contributed by atoms with Crippen LogP contribution in [0.15, 0.2) is 42.5 Å². The molecule has 0 heterocycles. The molecule has 0 aromatic heterocycles. The summed E-state index contributed by atoms with van der Waals surface area (Å²) in [5, 5.41) is 18.7. The lowest BCUT2D eigenvalue weighted by atomic mass is 10.0. The number of rotatable bonds is 1. The van der Waals surface area contributed by atoms with Crippen molar-refractivity contribution in [2.45, 2.75) is 12.8 Å². The maximum Gasteiger partial charge on any atom is 0.115 e. The van der Waals surface area contributed by atoms with Gasteiger partial charge in [-0.15, -0.1) is 0 Å². The van der Waals surface area contributed by atoms with Crippen molar-refractivity contribution in [2.24, 2.45) is 0 Å². The molecule has 3 rings (SSSR count). The molecule has 2 aromatic rings. The molecule has 0 saturated heterocycles. The highest BCUT2D eigenvalue weighted by atomic mass is 16.3. The van der Waals surface area contributed by atoms with Crippen LogP contribution in [0.25, 0.3) is 11.6 Å². The average Bonchev–Trinajstić information content (AvgIpc) is 2.74. The van der Waals surface area contributed by atoms with Crippen molar-refractivity contribution in [1.29, 1.82) is 0 Å². The zero-order chi connectivity index (χ0) is 12.5. The van der Waals surface area contributed by atoms with Crippen LogP contribution in [0, 0.1) is 0 Å². The quantitative estimate of drug-likeness (QED) is 0.797. The Morgan fingerprint density at radius 2 is 1.56 bits per heavy atom. The lowest BCUT2D eigenvalue weighted by Crippen LogP contribution is -1.80. The van der Waals surface area contributed by atoms with Crippen LogP contribution in [0.3, 0.4) is 0 Å². The smallest absolute Gasteiger partial charge is 0.115 e. The maximum atomic E-state index is 9.46. The number of benzene rings is 2. The molecule has 18 heavy (non-hydrogen) atoms. The lowest BCUT2D eigenvalue weighted by molar-refractivity contribution is 0.474. The first kappa shape index (κ1) is 10.9. The number of aryl methyl sites for hydroxylation is 1. The van der Waals surface area contributed by atoms with Gasteiger partial charge in [0.1, 0.15) is 11.5 Å². The van der Waals surface area contributed by atoms with Crippen LogP contribution in [-0.2, 0) is 6.42 Å². The SMILES string of the molecule is Oc1ccc(/C=C2\CCc3cc(O)ccc32)cc1. The Hall–Kier alpha value is -2.22. The van der Waals surface area contributed by atoms with Crippen LogP contribution < -0.4 is 0 Å². The average molecular weight is 238 g/mol. The first-order valence-corrected chi connectivity index (χ1v) is 6.04. The summed E-state index contributed by atoms with van der Waals surface area (Å²) in [6, 6.07) is 12.7. The van der Waals surface area contributed by atoms with Gasteiger partial charge in [0.05, 0.1) is 0 Å². The molecule has 90 valence electrons. The molecule has 2 nitrogen and oxygen atoms in total. The fourth-order valence-corrected chi connectivity index (χ4v) is 2.43. The van der Waals surface area contributed by atoms with E-state index in [9.17, 15) is 10.2 Å². The van der Waals surface area contributed by atoms with Gasteiger partial charge in [-0.3, -0.25) is 0 Å². The molecule has 2 aromatic carbocycles. The normalized spacial score (nSPS) is 15.9. The zero-order valence-corrected chi connectivity index (χ0v) is 9.93. The van der Waals surface area contributed by atoms with E-state index in [1.165, 1.54) is 16.7 Å². The number of allylic oxidation sites excluding steroid dienone is 1. The number of phenolic OH excluding ortho intramolecular Hbond substituents is 2. The van der Waals surface area contributed by atoms with E-state index < -0.39 is 0 Å². The predicted octanol–water partition coefficient (Wildman–Crippen LogP) is 3.58. The van der Waals surface area contributed by atoms with E-state index in [-0.39, 0.29) is 5.75 Å². The van der Waals surface area contributed by atoms with Gasteiger partial charge in [0.25, 0.3) is 0 Å². The Bertz CT molecular complexity index is 609. The largest absolute Gasteiger partial charge is 0.508 e. The van der Waals surface area contributed by atoms with Gasteiger partial charge in [-0.25, -0.2) is 0 Å². The molecule has 2 heteroatoms. The van der Waals surface area contributed by atoms with Gasteiger partial charge in [-0.05, 0) is 59.4 Å². The van der Waals surface area contributed by atoms with Gasteiger partial charge in [-0.1, -0.05) is 24.3 Å². The number of hydrogen-bond acceptors (Lipinski definition) is 2. The summed E-state index contributed by atoms with van der Waals surface area (Å²) >= 11 is 0. The number of hydrogen-bond donors (Lipinski definition) is 2. The zero-order valence-electron chi connectivity index (χ0n) is 9.93.